The Morgan fingerprint density at radius 1 is 1.42 bits per heavy atom. The predicted octanol–water partition coefficient (Wildman–Crippen LogP) is 1.14. The summed E-state index contributed by atoms with van der Waals surface area (Å²) in [6.45, 7) is 8.61. The second-order valence-electron chi connectivity index (χ2n) is 2.59. The van der Waals surface area contributed by atoms with Crippen LogP contribution in [0, 0.1) is 0 Å². The normalized spacial score (nSPS) is 10.2. The van der Waals surface area contributed by atoms with Crippen LogP contribution in [0.25, 0.3) is 0 Å². The third-order valence-electron chi connectivity index (χ3n) is 1.81. The minimum absolute atomic E-state index is 0.481. The van der Waals surface area contributed by atoms with Gasteiger partial charge in [-0.25, -0.2) is 0 Å². The average molecular weight is 205 g/mol. The van der Waals surface area contributed by atoms with Crippen molar-refractivity contribution in [1.82, 2.24) is 10.2 Å². The molecule has 0 aliphatic heterocycles. The van der Waals surface area contributed by atoms with Crippen LogP contribution in [0.5, 0.6) is 0 Å². The highest BCUT2D eigenvalue weighted by atomic mass is 32.1. The highest BCUT2D eigenvalue weighted by Crippen LogP contribution is 1.88. The van der Waals surface area contributed by atoms with Crippen LogP contribution in [0.2, 0.25) is 0 Å². The van der Waals surface area contributed by atoms with Gasteiger partial charge >= 0.3 is 0 Å². The van der Waals surface area contributed by atoms with Crippen LogP contribution in [-0.4, -0.2) is 35.4 Å². The van der Waals surface area contributed by atoms with Crippen molar-refractivity contribution in [2.24, 2.45) is 0 Å². The summed E-state index contributed by atoms with van der Waals surface area (Å²) in [6, 6.07) is 0. The standard InChI is InChI=1S/C8H18N2S2/c1-3-10(4-2)7-5-6-9-8(11)12/h3-7H2,1-2H3,(H2,9,11,12)/p-1. The van der Waals surface area contributed by atoms with Crippen LogP contribution < -0.4 is 5.32 Å². The molecule has 12 heavy (non-hydrogen) atoms. The van der Waals surface area contributed by atoms with Gasteiger partial charge in [-0.2, -0.15) is 0 Å². The van der Waals surface area contributed by atoms with Gasteiger partial charge in [0.2, 0.25) is 0 Å². The van der Waals surface area contributed by atoms with Crippen molar-refractivity contribution in [3.8, 4) is 0 Å². The Morgan fingerprint density at radius 3 is 2.42 bits per heavy atom. The van der Waals surface area contributed by atoms with Gasteiger partial charge in [0.15, 0.2) is 0 Å². The molecule has 0 spiro atoms. The van der Waals surface area contributed by atoms with E-state index in [4.69, 9.17) is 24.8 Å². The molecule has 0 aromatic heterocycles. The van der Waals surface area contributed by atoms with E-state index in [9.17, 15) is 0 Å². The summed E-state index contributed by atoms with van der Waals surface area (Å²) in [5.74, 6) is 0. The topological polar surface area (TPSA) is 15.3 Å². The minimum atomic E-state index is 0.481. The van der Waals surface area contributed by atoms with Crippen molar-refractivity contribution in [2.45, 2.75) is 20.3 Å². The van der Waals surface area contributed by atoms with E-state index in [0.717, 1.165) is 32.6 Å². The first-order valence-corrected chi connectivity index (χ1v) is 5.19. The van der Waals surface area contributed by atoms with E-state index in [2.05, 4.69) is 24.1 Å². The molecule has 0 amide bonds. The van der Waals surface area contributed by atoms with Gasteiger partial charge in [-0.05, 0) is 26.1 Å². The Morgan fingerprint density at radius 2 is 2.00 bits per heavy atom. The first-order valence-electron chi connectivity index (χ1n) is 4.37. The third kappa shape index (κ3) is 6.76. The van der Waals surface area contributed by atoms with E-state index >= 15 is 0 Å². The molecular formula is C8H17N2S2-. The molecule has 0 fully saturated rings. The molecule has 0 radical (unpaired) electrons. The summed E-state index contributed by atoms with van der Waals surface area (Å²) < 4.78 is 0.481. The summed E-state index contributed by atoms with van der Waals surface area (Å²) in [5, 5.41) is 2.97. The first-order chi connectivity index (χ1) is 5.70. The van der Waals surface area contributed by atoms with Crippen molar-refractivity contribution < 1.29 is 0 Å². The highest BCUT2D eigenvalue weighted by Gasteiger charge is 1.96. The quantitative estimate of drug-likeness (QED) is 0.397. The van der Waals surface area contributed by atoms with Crippen molar-refractivity contribution >= 4 is 29.2 Å². The van der Waals surface area contributed by atoms with Gasteiger partial charge < -0.3 is 35.1 Å². The van der Waals surface area contributed by atoms with Gasteiger partial charge in [0.25, 0.3) is 0 Å². The molecule has 0 bridgehead atoms. The Hall–Kier alpha value is 0.0700. The maximum Gasteiger partial charge on any atom is 0.0144 e. The van der Waals surface area contributed by atoms with Crippen LogP contribution in [0.15, 0.2) is 0 Å². The van der Waals surface area contributed by atoms with Crippen molar-refractivity contribution in [3.05, 3.63) is 0 Å². The average Bonchev–Trinajstić information content (AvgIpc) is 2.04. The zero-order chi connectivity index (χ0) is 9.40. The summed E-state index contributed by atoms with van der Waals surface area (Å²) in [7, 11) is 0. The molecule has 2 nitrogen and oxygen atoms in total. The molecule has 0 aliphatic rings. The smallest absolute Gasteiger partial charge is 0.0144 e. The number of hydrogen-bond donors (Lipinski definition) is 1. The molecule has 1 N–H and O–H groups in total. The number of hydrogen-bond acceptors (Lipinski definition) is 3. The summed E-state index contributed by atoms with van der Waals surface area (Å²) in [5.41, 5.74) is 0. The number of nitrogens with zero attached hydrogens (tertiary/aromatic N) is 1. The van der Waals surface area contributed by atoms with Crippen LogP contribution >= 0.6 is 12.2 Å². The Bertz CT molecular complexity index is 124. The Labute approximate surface area is 86.1 Å². The van der Waals surface area contributed by atoms with Gasteiger partial charge in [-0.3, -0.25) is 0 Å². The lowest BCUT2D eigenvalue weighted by atomic mass is 10.3. The molecule has 0 saturated carbocycles. The number of thiocarbonyl (C=S) groups is 1. The van der Waals surface area contributed by atoms with Gasteiger partial charge in [-0.15, -0.1) is 0 Å². The largest absolute Gasteiger partial charge is 0.412 e. The van der Waals surface area contributed by atoms with Gasteiger partial charge in [-0.1, -0.05) is 18.2 Å². The molecule has 0 aromatic rings. The van der Waals surface area contributed by atoms with E-state index in [1.165, 1.54) is 0 Å². The molecule has 0 saturated heterocycles. The molecule has 0 atom stereocenters. The summed E-state index contributed by atoms with van der Waals surface area (Å²) in [4.78, 5) is 2.38. The lowest BCUT2D eigenvalue weighted by molar-refractivity contribution is 0.300. The van der Waals surface area contributed by atoms with E-state index in [-0.39, 0.29) is 0 Å². The fourth-order valence-electron chi connectivity index (χ4n) is 1.03. The monoisotopic (exact) mass is 205 g/mol. The molecule has 0 rings (SSSR count). The highest BCUT2D eigenvalue weighted by molar-refractivity contribution is 8.00. The van der Waals surface area contributed by atoms with Crippen molar-refractivity contribution in [1.29, 1.82) is 0 Å². The molecular weight excluding hydrogens is 188 g/mol. The van der Waals surface area contributed by atoms with Gasteiger partial charge in [0.05, 0.1) is 0 Å². The van der Waals surface area contributed by atoms with Crippen LogP contribution in [-0.2, 0) is 12.6 Å². The Balaban J connectivity index is 3.23. The zero-order valence-electron chi connectivity index (χ0n) is 7.80. The second kappa shape index (κ2) is 7.71. The van der Waals surface area contributed by atoms with Crippen LogP contribution in [0.1, 0.15) is 20.3 Å². The van der Waals surface area contributed by atoms with Crippen LogP contribution in [0.3, 0.4) is 0 Å². The van der Waals surface area contributed by atoms with E-state index in [1.54, 1.807) is 0 Å². The van der Waals surface area contributed by atoms with Crippen molar-refractivity contribution in [2.75, 3.05) is 26.2 Å². The second-order valence-corrected chi connectivity index (χ2v) is 3.67. The van der Waals surface area contributed by atoms with Crippen molar-refractivity contribution in [3.63, 3.8) is 0 Å². The van der Waals surface area contributed by atoms with Gasteiger partial charge in [0, 0.05) is 6.54 Å². The molecule has 0 heterocycles. The number of rotatable bonds is 6. The molecule has 0 unspecified atom stereocenters. The fourth-order valence-corrected chi connectivity index (χ4v) is 1.24. The molecule has 0 aromatic carbocycles. The number of nitrogens with one attached hydrogen (secondary N) is 1. The fraction of sp³-hybridized carbons (Fsp3) is 0.875. The summed E-state index contributed by atoms with van der Waals surface area (Å²) in [6.07, 6.45) is 1.11. The van der Waals surface area contributed by atoms with E-state index in [1.807, 2.05) is 0 Å². The van der Waals surface area contributed by atoms with Gasteiger partial charge in [0.1, 0.15) is 0 Å². The lowest BCUT2D eigenvalue weighted by Crippen LogP contribution is -2.28. The Kier molecular flexibility index (Phi) is 7.75. The van der Waals surface area contributed by atoms with E-state index < -0.39 is 0 Å². The van der Waals surface area contributed by atoms with Crippen LogP contribution in [0.4, 0.5) is 0 Å². The molecule has 4 heteroatoms. The lowest BCUT2D eigenvalue weighted by Gasteiger charge is -2.18. The van der Waals surface area contributed by atoms with E-state index in [0.29, 0.717) is 4.32 Å². The SMILES string of the molecule is CCN(CC)CCCNC(=S)[S-]. The minimum Gasteiger partial charge on any atom is -0.412 e. The summed E-state index contributed by atoms with van der Waals surface area (Å²) >= 11 is 9.44. The molecule has 72 valence electrons. The first kappa shape index (κ1) is 12.1. The molecule has 0 aliphatic carbocycles. The maximum absolute atomic E-state index is 4.72. The third-order valence-corrected chi connectivity index (χ3v) is 2.10. The predicted molar refractivity (Wildman–Crippen MR) is 60.4 cm³/mol. The maximum atomic E-state index is 4.72. The zero-order valence-corrected chi connectivity index (χ0v) is 9.43.